The summed E-state index contributed by atoms with van der Waals surface area (Å²) in [5, 5.41) is 0. The van der Waals surface area contributed by atoms with Crippen LogP contribution in [0.2, 0.25) is 0 Å². The first-order chi connectivity index (χ1) is 13.6. The van der Waals surface area contributed by atoms with Crippen molar-refractivity contribution >= 4 is 34.6 Å². The molecular formula is C19H25N9. The van der Waals surface area contributed by atoms with Crippen LogP contribution in [0.4, 0.5) is 17.3 Å². The van der Waals surface area contributed by atoms with E-state index >= 15 is 0 Å². The maximum atomic E-state index is 6.08. The molecule has 0 amide bonds. The first kappa shape index (κ1) is 19.2. The lowest BCUT2D eigenvalue weighted by Crippen LogP contribution is -2.14. The zero-order valence-electron chi connectivity index (χ0n) is 15.8. The Labute approximate surface area is 163 Å². The highest BCUT2D eigenvalue weighted by atomic mass is 15.3. The van der Waals surface area contributed by atoms with E-state index in [2.05, 4.69) is 37.9 Å². The van der Waals surface area contributed by atoms with Crippen LogP contribution in [0.15, 0.2) is 47.1 Å². The molecule has 0 aliphatic rings. The number of para-hydroxylation sites is 2. The molecule has 0 fully saturated rings. The van der Waals surface area contributed by atoms with E-state index in [4.69, 9.17) is 23.0 Å². The first-order valence-corrected chi connectivity index (χ1v) is 8.93. The number of benzene rings is 1. The van der Waals surface area contributed by atoms with Crippen molar-refractivity contribution in [2.24, 2.45) is 16.6 Å². The number of allylic oxidation sites excluding steroid dienone is 1. The van der Waals surface area contributed by atoms with E-state index in [1.165, 1.54) is 6.20 Å². The number of nitrogens with two attached hydrogens (primary N) is 4. The molecule has 0 spiro atoms. The van der Waals surface area contributed by atoms with Crippen molar-refractivity contribution in [1.82, 2.24) is 14.5 Å². The minimum atomic E-state index is 0.321. The van der Waals surface area contributed by atoms with E-state index in [1.807, 2.05) is 18.2 Å². The van der Waals surface area contributed by atoms with Crippen molar-refractivity contribution in [3.05, 3.63) is 53.5 Å². The number of hydrogen-bond donors (Lipinski definition) is 5. The molecule has 2 heterocycles. The monoisotopic (exact) mass is 379 g/mol. The minimum Gasteiger partial charge on any atom is -0.404 e. The number of nitrogen functional groups attached to an aromatic ring is 3. The van der Waals surface area contributed by atoms with Gasteiger partial charge in [-0.3, -0.25) is 4.99 Å². The quantitative estimate of drug-likeness (QED) is 0.236. The number of aliphatic imine (C=N–C) groups is 1. The van der Waals surface area contributed by atoms with Crippen molar-refractivity contribution in [2.75, 3.05) is 16.9 Å². The van der Waals surface area contributed by atoms with Crippen LogP contribution in [0.5, 0.6) is 0 Å². The van der Waals surface area contributed by atoms with Gasteiger partial charge in [0.1, 0.15) is 11.6 Å². The summed E-state index contributed by atoms with van der Waals surface area (Å²) in [5.41, 5.74) is 24.2. The predicted molar refractivity (Wildman–Crippen MR) is 114 cm³/mol. The van der Waals surface area contributed by atoms with Crippen molar-refractivity contribution < 1.29 is 0 Å². The summed E-state index contributed by atoms with van der Waals surface area (Å²) in [6, 6.07) is 9.74. The molecule has 9 heteroatoms. The van der Waals surface area contributed by atoms with Gasteiger partial charge >= 0.3 is 0 Å². The lowest BCUT2D eigenvalue weighted by Gasteiger charge is -2.11. The Bertz CT molecular complexity index is 1030. The molecule has 9 N–H and O–H groups in total. The maximum absolute atomic E-state index is 6.08. The van der Waals surface area contributed by atoms with Gasteiger partial charge in [0.05, 0.1) is 23.3 Å². The number of nitrogens with one attached hydrogen (secondary N) is 1. The second-order valence-corrected chi connectivity index (χ2v) is 6.26. The molecule has 0 saturated carbocycles. The van der Waals surface area contributed by atoms with E-state index in [0.717, 1.165) is 34.5 Å². The van der Waals surface area contributed by atoms with Gasteiger partial charge < -0.3 is 27.2 Å². The predicted octanol–water partition coefficient (Wildman–Crippen LogP) is 1.56. The zero-order valence-corrected chi connectivity index (χ0v) is 15.8. The summed E-state index contributed by atoms with van der Waals surface area (Å²) in [5.74, 6) is 6.99. The van der Waals surface area contributed by atoms with E-state index in [1.54, 1.807) is 12.3 Å². The molecule has 3 aromatic rings. The van der Waals surface area contributed by atoms with Crippen LogP contribution in [0.3, 0.4) is 0 Å². The Kier molecular flexibility index (Phi) is 5.75. The Hall–Kier alpha value is -3.59. The summed E-state index contributed by atoms with van der Waals surface area (Å²) in [6.45, 7) is 3.36. The molecule has 1 aromatic carbocycles. The average Bonchev–Trinajstić information content (AvgIpc) is 3.06. The van der Waals surface area contributed by atoms with Gasteiger partial charge in [-0.05, 0) is 42.5 Å². The summed E-state index contributed by atoms with van der Waals surface area (Å²) in [7, 11) is 0. The molecule has 146 valence electrons. The number of aryl methyl sites for hydroxylation is 1. The topological polar surface area (TPSA) is 159 Å². The van der Waals surface area contributed by atoms with Crippen LogP contribution < -0.4 is 28.5 Å². The van der Waals surface area contributed by atoms with Crippen LogP contribution in [0.1, 0.15) is 18.3 Å². The Balaban J connectivity index is 1.78. The number of hydrazine groups is 1. The highest BCUT2D eigenvalue weighted by Gasteiger charge is 2.10. The second-order valence-electron chi connectivity index (χ2n) is 6.26. The Morgan fingerprint density at radius 2 is 2.04 bits per heavy atom. The summed E-state index contributed by atoms with van der Waals surface area (Å²) < 4.78 is 2.15. The number of rotatable bonds is 7. The van der Waals surface area contributed by atoms with E-state index in [9.17, 15) is 0 Å². The van der Waals surface area contributed by atoms with Crippen molar-refractivity contribution in [3.63, 3.8) is 0 Å². The van der Waals surface area contributed by atoms with Crippen LogP contribution >= 0.6 is 0 Å². The van der Waals surface area contributed by atoms with Gasteiger partial charge in [-0.2, -0.15) is 0 Å². The highest BCUT2D eigenvalue weighted by molar-refractivity contribution is 5.81. The largest absolute Gasteiger partial charge is 0.404 e. The molecule has 0 aliphatic heterocycles. The number of hydrogen-bond acceptors (Lipinski definition) is 8. The normalized spacial score (nSPS) is 12.1. The zero-order chi connectivity index (χ0) is 20.1. The molecular weight excluding hydrogens is 354 g/mol. The smallest absolute Gasteiger partial charge is 0.165 e. The van der Waals surface area contributed by atoms with Crippen molar-refractivity contribution in [2.45, 2.75) is 26.4 Å². The molecule has 0 aliphatic carbocycles. The van der Waals surface area contributed by atoms with E-state index in [0.29, 0.717) is 30.3 Å². The van der Waals surface area contributed by atoms with Gasteiger partial charge in [-0.25, -0.2) is 15.8 Å². The van der Waals surface area contributed by atoms with E-state index in [-0.39, 0.29) is 0 Å². The number of nitrogens with zero attached hydrogens (tertiary/aromatic N) is 4. The Morgan fingerprint density at radius 1 is 1.25 bits per heavy atom. The van der Waals surface area contributed by atoms with Gasteiger partial charge in [0.25, 0.3) is 0 Å². The number of pyridine rings is 1. The molecule has 0 saturated heterocycles. The fourth-order valence-corrected chi connectivity index (χ4v) is 3.10. The summed E-state index contributed by atoms with van der Waals surface area (Å²) in [6.07, 6.45) is 3.68. The SMILES string of the molecule is CCn1c(CN=CC(=CN)Cc2cc(N)nc(NN)c2N)nc2ccccc21. The average molecular weight is 379 g/mol. The van der Waals surface area contributed by atoms with Crippen molar-refractivity contribution in [3.8, 4) is 0 Å². The highest BCUT2D eigenvalue weighted by Crippen LogP contribution is 2.24. The summed E-state index contributed by atoms with van der Waals surface area (Å²) >= 11 is 0. The maximum Gasteiger partial charge on any atom is 0.165 e. The fourth-order valence-electron chi connectivity index (χ4n) is 3.10. The third kappa shape index (κ3) is 3.89. The summed E-state index contributed by atoms with van der Waals surface area (Å²) in [4.78, 5) is 13.2. The third-order valence-electron chi connectivity index (χ3n) is 4.45. The van der Waals surface area contributed by atoms with Gasteiger partial charge in [-0.15, -0.1) is 0 Å². The second kappa shape index (κ2) is 8.40. The molecule has 0 radical (unpaired) electrons. The molecule has 28 heavy (non-hydrogen) atoms. The Morgan fingerprint density at radius 3 is 2.75 bits per heavy atom. The molecule has 3 rings (SSSR count). The molecule has 0 unspecified atom stereocenters. The van der Waals surface area contributed by atoms with Crippen LogP contribution in [0.25, 0.3) is 11.0 Å². The van der Waals surface area contributed by atoms with Crippen LogP contribution in [0, 0.1) is 0 Å². The molecule has 9 nitrogen and oxygen atoms in total. The number of imidazole rings is 1. The van der Waals surface area contributed by atoms with E-state index < -0.39 is 0 Å². The van der Waals surface area contributed by atoms with Gasteiger partial charge in [-0.1, -0.05) is 12.1 Å². The fraction of sp³-hybridized carbons (Fsp3) is 0.211. The van der Waals surface area contributed by atoms with Gasteiger partial charge in [0.2, 0.25) is 0 Å². The van der Waals surface area contributed by atoms with Crippen LogP contribution in [-0.2, 0) is 19.5 Å². The van der Waals surface area contributed by atoms with Crippen LogP contribution in [-0.4, -0.2) is 20.7 Å². The lowest BCUT2D eigenvalue weighted by molar-refractivity contribution is 0.719. The van der Waals surface area contributed by atoms with Gasteiger partial charge in [0.15, 0.2) is 5.82 Å². The number of anilines is 3. The van der Waals surface area contributed by atoms with Gasteiger partial charge in [0, 0.05) is 19.2 Å². The minimum absolute atomic E-state index is 0.321. The molecule has 2 aromatic heterocycles. The standard InChI is InChI=1S/C19H25N9/c1-2-28-15-6-4-3-5-14(15)25-17(28)11-24-10-12(9-20)7-13-8-16(21)26-19(27-23)18(13)22/h3-6,8-10H,2,7,11,20,22-23H2,1H3,(H3,21,26,27). The van der Waals surface area contributed by atoms with Crippen molar-refractivity contribution in [1.29, 1.82) is 0 Å². The third-order valence-corrected chi connectivity index (χ3v) is 4.45. The molecule has 0 atom stereocenters. The first-order valence-electron chi connectivity index (χ1n) is 8.93. The number of aromatic nitrogens is 3. The number of fused-ring (bicyclic) bond motifs is 1. The lowest BCUT2D eigenvalue weighted by atomic mass is 10.1. The molecule has 0 bridgehead atoms.